The second-order valence-electron chi connectivity index (χ2n) is 15.6. The molecule has 2 aliphatic rings. The Bertz CT molecular complexity index is 2380. The van der Waals surface area contributed by atoms with Crippen molar-refractivity contribution in [3.63, 3.8) is 0 Å². The summed E-state index contributed by atoms with van der Waals surface area (Å²) in [5.41, 5.74) is 8.79. The third kappa shape index (κ3) is 8.90. The molecule has 4 aromatic rings. The number of carbonyl (C=O) groups is 2. The van der Waals surface area contributed by atoms with Gasteiger partial charge in [0.15, 0.2) is 0 Å². The molecule has 1 aromatic heterocycles. The Morgan fingerprint density at radius 1 is 1.10 bits per heavy atom. The van der Waals surface area contributed by atoms with E-state index in [1.165, 1.54) is 35.3 Å². The lowest BCUT2D eigenvalue weighted by Gasteiger charge is -2.35. The van der Waals surface area contributed by atoms with Crippen molar-refractivity contribution < 1.29 is 37.7 Å². The molecule has 2 aliphatic heterocycles. The minimum Gasteiger partial charge on any atom is -0.508 e. The molecule has 4 N–H and O–H groups in total. The lowest BCUT2D eigenvalue weighted by molar-refractivity contribution is -0.155. The van der Waals surface area contributed by atoms with Crippen LogP contribution in [-0.4, -0.2) is 84.7 Å². The number of carbonyl (C=O) groups excluding carboxylic acids is 2. The van der Waals surface area contributed by atoms with Crippen molar-refractivity contribution in [1.29, 1.82) is 0 Å². The van der Waals surface area contributed by atoms with Gasteiger partial charge in [0, 0.05) is 48.3 Å². The molecule has 0 spiro atoms. The summed E-state index contributed by atoms with van der Waals surface area (Å²) in [6.45, 7) is 15.1. The van der Waals surface area contributed by atoms with Crippen molar-refractivity contribution >= 4 is 44.6 Å². The van der Waals surface area contributed by atoms with Crippen LogP contribution in [0.2, 0.25) is 0 Å². The van der Waals surface area contributed by atoms with Gasteiger partial charge in [-0.1, -0.05) is 38.6 Å². The number of aromatic hydroxyl groups is 2. The lowest BCUT2D eigenvalue weighted by atomic mass is 9.84. The molecule has 58 heavy (non-hydrogen) atoms. The number of hydrazine groups is 1. The minimum atomic E-state index is -4.28. The SMILES string of the molecule is C=C/C(=C(\N=CC)[C@H](C)OC)c1c2c3cc(ccc3n1CC)-c1cc(O)cc(c1)C[C@H](NS(=O)(=O)c1ccc(O)cc1)C(=O)N1CCC[C@H](N1)C(=O)OCC(C)(C)C2. The quantitative estimate of drug-likeness (QED) is 0.0864. The molecule has 13 nitrogen and oxygen atoms in total. The highest BCUT2D eigenvalue weighted by atomic mass is 32.2. The van der Waals surface area contributed by atoms with E-state index in [9.17, 15) is 28.2 Å². The smallest absolute Gasteiger partial charge is 0.324 e. The number of hydrogen-bond acceptors (Lipinski definition) is 10. The molecule has 0 aliphatic carbocycles. The van der Waals surface area contributed by atoms with Crippen molar-refractivity contribution in [2.24, 2.45) is 10.4 Å². The number of fused-ring (bicyclic) bond motifs is 6. The highest BCUT2D eigenvalue weighted by molar-refractivity contribution is 7.89. The van der Waals surface area contributed by atoms with E-state index in [0.717, 1.165) is 33.3 Å². The van der Waals surface area contributed by atoms with E-state index in [4.69, 9.17) is 14.5 Å². The normalized spacial score (nSPS) is 20.1. The number of sulfonamides is 1. The van der Waals surface area contributed by atoms with Crippen LogP contribution in [0.15, 0.2) is 88.9 Å². The van der Waals surface area contributed by atoms with Gasteiger partial charge in [-0.15, -0.1) is 0 Å². The molecule has 0 unspecified atom stereocenters. The summed E-state index contributed by atoms with van der Waals surface area (Å²) >= 11 is 0. The average molecular weight is 812 g/mol. The third-order valence-electron chi connectivity index (χ3n) is 10.7. The fourth-order valence-corrected chi connectivity index (χ4v) is 9.03. The summed E-state index contributed by atoms with van der Waals surface area (Å²) in [5.74, 6) is -1.30. The topological polar surface area (TPSA) is 172 Å². The maximum absolute atomic E-state index is 14.3. The Kier molecular flexibility index (Phi) is 12.6. The maximum Gasteiger partial charge on any atom is 0.324 e. The number of cyclic esters (lactones) is 1. The zero-order chi connectivity index (χ0) is 41.9. The molecule has 6 rings (SSSR count). The summed E-state index contributed by atoms with van der Waals surface area (Å²) in [4.78, 5) is 32.6. The standard InChI is InChI=1S/C44H53N5O8S/c1-8-34(40(45-9-2)27(4)56-7)41-36-25-44(5,6)26-57-43(53)37-12-11-19-49(46-37)42(52)38(47-58(54,55)33-16-14-31(50)15-17-33)22-28-20-30(23-32(51)21-28)29-13-18-39(35(36)24-29)48(41)10-3/h8-9,13-18,20-21,23-24,27,37-38,46-47,50-51H,1,10-12,19,22,25-26H2,2-7H3/b40-34+,45-9?/t27-,37-,38-/m0/s1. The van der Waals surface area contributed by atoms with Crippen molar-refractivity contribution in [1.82, 2.24) is 19.7 Å². The molecule has 3 heterocycles. The van der Waals surface area contributed by atoms with E-state index < -0.39 is 39.4 Å². The van der Waals surface area contributed by atoms with Crippen LogP contribution in [0.5, 0.6) is 11.5 Å². The van der Waals surface area contributed by atoms with Crippen molar-refractivity contribution in [3.8, 4) is 22.6 Å². The first-order valence-corrected chi connectivity index (χ1v) is 21.0. The summed E-state index contributed by atoms with van der Waals surface area (Å²) in [5, 5.41) is 23.1. The number of aromatic nitrogens is 1. The fraction of sp³-hybridized carbons (Fsp3) is 0.386. The van der Waals surface area contributed by atoms with Gasteiger partial charge in [0.2, 0.25) is 10.0 Å². The van der Waals surface area contributed by atoms with Gasteiger partial charge in [-0.2, -0.15) is 4.72 Å². The number of ether oxygens (including phenoxy) is 2. The van der Waals surface area contributed by atoms with Crippen LogP contribution < -0.4 is 10.1 Å². The second kappa shape index (κ2) is 17.3. The highest BCUT2D eigenvalue weighted by Gasteiger charge is 2.36. The molecule has 3 atom stereocenters. The first-order chi connectivity index (χ1) is 27.6. The van der Waals surface area contributed by atoms with Gasteiger partial charge >= 0.3 is 5.97 Å². The van der Waals surface area contributed by atoms with E-state index >= 15 is 0 Å². The van der Waals surface area contributed by atoms with Crippen molar-refractivity contribution in [3.05, 3.63) is 95.8 Å². The number of nitrogens with one attached hydrogen (secondary N) is 2. The molecule has 1 saturated heterocycles. The molecule has 14 heteroatoms. The molecular weight excluding hydrogens is 759 g/mol. The fourth-order valence-electron chi connectivity index (χ4n) is 7.84. The molecule has 308 valence electrons. The Morgan fingerprint density at radius 3 is 2.52 bits per heavy atom. The van der Waals surface area contributed by atoms with Crippen molar-refractivity contribution in [2.45, 2.75) is 89.9 Å². The number of nitrogens with zero attached hydrogens (tertiary/aromatic N) is 3. The van der Waals surface area contributed by atoms with Gasteiger partial charge in [0.05, 0.1) is 29.0 Å². The van der Waals surface area contributed by atoms with E-state index in [0.29, 0.717) is 42.6 Å². The summed E-state index contributed by atoms with van der Waals surface area (Å²) < 4.78 is 44.0. The van der Waals surface area contributed by atoms with Gasteiger partial charge in [0.1, 0.15) is 23.6 Å². The average Bonchev–Trinajstić information content (AvgIpc) is 3.49. The van der Waals surface area contributed by atoms with E-state index in [2.05, 4.69) is 34.3 Å². The van der Waals surface area contributed by atoms with Crippen molar-refractivity contribution in [2.75, 3.05) is 20.3 Å². The number of aryl methyl sites for hydroxylation is 1. The van der Waals surface area contributed by atoms with E-state index in [1.807, 2.05) is 52.0 Å². The lowest BCUT2D eigenvalue weighted by Crippen LogP contribution is -2.60. The van der Waals surface area contributed by atoms with Crippen LogP contribution in [0.25, 0.3) is 27.6 Å². The zero-order valence-corrected chi connectivity index (χ0v) is 34.7. The van der Waals surface area contributed by atoms with Gasteiger partial charge in [-0.05, 0) is 117 Å². The first-order valence-electron chi connectivity index (χ1n) is 19.5. The molecular formula is C44H53N5O8S. The second-order valence-corrected chi connectivity index (χ2v) is 17.3. The summed E-state index contributed by atoms with van der Waals surface area (Å²) in [6, 6.07) is 13.9. The Balaban J connectivity index is 1.56. The molecule has 6 bridgehead atoms. The largest absolute Gasteiger partial charge is 0.508 e. The molecule has 0 saturated carbocycles. The third-order valence-corrected chi connectivity index (χ3v) is 12.2. The predicted molar refractivity (Wildman–Crippen MR) is 225 cm³/mol. The predicted octanol–water partition coefficient (Wildman–Crippen LogP) is 6.27. The number of benzene rings is 3. The molecule has 0 radical (unpaired) electrons. The van der Waals surface area contributed by atoms with Crippen LogP contribution in [-0.2, 0) is 48.5 Å². The number of esters is 1. The molecule has 1 amide bonds. The Labute approximate surface area is 340 Å². The van der Waals surface area contributed by atoms with Crippen LogP contribution in [0.4, 0.5) is 0 Å². The number of methoxy groups -OCH3 is 1. The monoisotopic (exact) mass is 811 g/mol. The summed E-state index contributed by atoms with van der Waals surface area (Å²) in [6.07, 6.45) is 4.44. The molecule has 1 fully saturated rings. The number of rotatable bonds is 9. The zero-order valence-electron chi connectivity index (χ0n) is 33.9. The van der Waals surface area contributed by atoms with Gasteiger partial charge in [-0.25, -0.2) is 13.8 Å². The van der Waals surface area contributed by atoms with Gasteiger partial charge < -0.3 is 24.3 Å². The number of aliphatic imine (C=N–C) groups is 1. The Morgan fingerprint density at radius 2 is 1.84 bits per heavy atom. The maximum atomic E-state index is 14.3. The van der Waals surface area contributed by atoms with E-state index in [-0.39, 0.29) is 42.1 Å². The van der Waals surface area contributed by atoms with Crippen LogP contribution in [0, 0.1) is 5.41 Å². The van der Waals surface area contributed by atoms with Crippen LogP contribution in [0.3, 0.4) is 0 Å². The first kappa shape index (κ1) is 42.3. The Hall–Kier alpha value is -5.28. The van der Waals surface area contributed by atoms with Gasteiger partial charge in [-0.3, -0.25) is 19.6 Å². The number of hydrogen-bond donors (Lipinski definition) is 4. The number of phenolic OH excluding ortho intramolecular Hbond substituents is 2. The number of amides is 1. The highest BCUT2D eigenvalue weighted by Crippen LogP contribution is 2.40. The van der Waals surface area contributed by atoms with E-state index in [1.54, 1.807) is 19.4 Å². The van der Waals surface area contributed by atoms with Crippen LogP contribution in [0.1, 0.15) is 64.3 Å². The minimum absolute atomic E-state index is 0.0610. The number of allylic oxidation sites excluding steroid dienone is 2. The van der Waals surface area contributed by atoms with Crippen LogP contribution >= 0.6 is 0 Å². The molecule has 3 aromatic carbocycles. The number of phenols is 2. The van der Waals surface area contributed by atoms with Gasteiger partial charge in [0.25, 0.3) is 5.91 Å². The summed E-state index contributed by atoms with van der Waals surface area (Å²) in [7, 11) is -2.64.